The molecule has 5 heteroatoms. The molecule has 0 fully saturated rings. The zero-order chi connectivity index (χ0) is 14.7. The highest BCUT2D eigenvalue weighted by atomic mass is 35.5. The molecule has 0 atom stereocenters. The second-order valence-electron chi connectivity index (χ2n) is 4.02. The van der Waals surface area contributed by atoms with E-state index >= 15 is 0 Å². The van der Waals surface area contributed by atoms with E-state index in [1.54, 1.807) is 36.4 Å². The van der Waals surface area contributed by atoms with Crippen LogP contribution in [-0.2, 0) is 0 Å². The highest BCUT2D eigenvalue weighted by Crippen LogP contribution is 2.29. The number of carbonyl (C=O) groups is 1. The number of methoxy groups -OCH3 is 2. The summed E-state index contributed by atoms with van der Waals surface area (Å²) < 4.78 is 10.3. The fraction of sp³-hybridized carbons (Fsp3) is 0.133. The van der Waals surface area contributed by atoms with Crippen LogP contribution in [0.25, 0.3) is 0 Å². The number of halogens is 2. The first-order valence-corrected chi connectivity index (χ1v) is 6.54. The first-order valence-electron chi connectivity index (χ1n) is 5.78. The summed E-state index contributed by atoms with van der Waals surface area (Å²) in [6.07, 6.45) is 0. The number of hydrogen-bond acceptors (Lipinski definition) is 3. The third-order valence-corrected chi connectivity index (χ3v) is 3.37. The fourth-order valence-corrected chi connectivity index (χ4v) is 2.18. The van der Waals surface area contributed by atoms with Gasteiger partial charge in [0, 0.05) is 10.6 Å². The summed E-state index contributed by atoms with van der Waals surface area (Å²) in [5.41, 5.74) is 0.844. The number of hydrogen-bond donors (Lipinski definition) is 0. The molecule has 0 aliphatic heterocycles. The molecule has 0 saturated heterocycles. The van der Waals surface area contributed by atoms with Crippen LogP contribution in [0.15, 0.2) is 36.4 Å². The summed E-state index contributed by atoms with van der Waals surface area (Å²) in [6, 6.07) is 9.73. The van der Waals surface area contributed by atoms with E-state index in [1.807, 2.05) is 0 Å². The maximum atomic E-state index is 12.5. The lowest BCUT2D eigenvalue weighted by molar-refractivity contribution is 0.103. The summed E-state index contributed by atoms with van der Waals surface area (Å²) >= 11 is 11.9. The first kappa shape index (κ1) is 14.7. The van der Waals surface area contributed by atoms with Gasteiger partial charge in [-0.2, -0.15) is 0 Å². The van der Waals surface area contributed by atoms with Crippen molar-refractivity contribution in [3.8, 4) is 11.5 Å². The van der Waals surface area contributed by atoms with Crippen LogP contribution in [0, 0.1) is 0 Å². The zero-order valence-electron chi connectivity index (χ0n) is 10.9. The Bertz CT molecular complexity index is 654. The van der Waals surface area contributed by atoms with Crippen LogP contribution in [0.3, 0.4) is 0 Å². The van der Waals surface area contributed by atoms with E-state index in [1.165, 1.54) is 14.2 Å². The average molecular weight is 311 g/mol. The van der Waals surface area contributed by atoms with E-state index in [2.05, 4.69) is 0 Å². The van der Waals surface area contributed by atoms with E-state index in [9.17, 15) is 4.79 Å². The van der Waals surface area contributed by atoms with Gasteiger partial charge in [-0.1, -0.05) is 23.2 Å². The molecule has 104 valence electrons. The van der Waals surface area contributed by atoms with Crippen molar-refractivity contribution in [1.29, 1.82) is 0 Å². The summed E-state index contributed by atoms with van der Waals surface area (Å²) in [6.45, 7) is 0. The summed E-state index contributed by atoms with van der Waals surface area (Å²) in [5.74, 6) is 0.700. The van der Waals surface area contributed by atoms with Crippen molar-refractivity contribution in [3.63, 3.8) is 0 Å². The Kier molecular flexibility index (Phi) is 4.53. The summed E-state index contributed by atoms with van der Waals surface area (Å²) in [7, 11) is 3.00. The van der Waals surface area contributed by atoms with Crippen LogP contribution in [0.5, 0.6) is 11.5 Å². The van der Waals surface area contributed by atoms with Gasteiger partial charge in [-0.15, -0.1) is 0 Å². The van der Waals surface area contributed by atoms with Crippen LogP contribution in [0.2, 0.25) is 10.0 Å². The van der Waals surface area contributed by atoms with Gasteiger partial charge in [0.1, 0.15) is 11.5 Å². The van der Waals surface area contributed by atoms with Gasteiger partial charge in [0.05, 0.1) is 24.8 Å². The van der Waals surface area contributed by atoms with Gasteiger partial charge in [0.2, 0.25) is 0 Å². The molecule has 3 nitrogen and oxygen atoms in total. The predicted molar refractivity (Wildman–Crippen MR) is 79.4 cm³/mol. The number of carbonyl (C=O) groups excluding carboxylic acids is 1. The molecule has 0 aliphatic carbocycles. The largest absolute Gasteiger partial charge is 0.496 e. The number of rotatable bonds is 4. The molecule has 2 rings (SSSR count). The van der Waals surface area contributed by atoms with Gasteiger partial charge in [-0.25, -0.2) is 0 Å². The lowest BCUT2D eigenvalue weighted by Crippen LogP contribution is -2.04. The Morgan fingerprint density at radius 3 is 2.30 bits per heavy atom. The topological polar surface area (TPSA) is 35.5 Å². The third-order valence-electron chi connectivity index (χ3n) is 2.82. The molecule has 0 heterocycles. The molecule has 2 aromatic carbocycles. The molecule has 2 aromatic rings. The van der Waals surface area contributed by atoms with E-state index in [4.69, 9.17) is 32.7 Å². The lowest BCUT2D eigenvalue weighted by atomic mass is 10.0. The average Bonchev–Trinajstić information content (AvgIpc) is 2.47. The standard InChI is InChI=1S/C15H12Cl2O3/c1-19-13-6-4-10(16)8-11(13)15(18)9-3-5-12(17)14(7-9)20-2/h3-8H,1-2H3. The Labute approximate surface area is 127 Å². The highest BCUT2D eigenvalue weighted by molar-refractivity contribution is 6.32. The minimum Gasteiger partial charge on any atom is -0.496 e. The van der Waals surface area contributed by atoms with Gasteiger partial charge in [-0.3, -0.25) is 4.79 Å². The van der Waals surface area contributed by atoms with Crippen LogP contribution in [0.4, 0.5) is 0 Å². The maximum Gasteiger partial charge on any atom is 0.196 e. The molecule has 0 amide bonds. The predicted octanol–water partition coefficient (Wildman–Crippen LogP) is 4.24. The van der Waals surface area contributed by atoms with Gasteiger partial charge in [0.25, 0.3) is 0 Å². The molecule has 0 radical (unpaired) electrons. The first-order chi connectivity index (χ1) is 9.56. The molecule has 20 heavy (non-hydrogen) atoms. The fourth-order valence-electron chi connectivity index (χ4n) is 1.81. The van der Waals surface area contributed by atoms with E-state index in [0.717, 1.165) is 0 Å². The number of ketones is 1. The monoisotopic (exact) mass is 310 g/mol. The van der Waals surface area contributed by atoms with Crippen molar-refractivity contribution in [2.75, 3.05) is 14.2 Å². The van der Waals surface area contributed by atoms with Crippen molar-refractivity contribution in [2.24, 2.45) is 0 Å². The van der Waals surface area contributed by atoms with Crippen LogP contribution < -0.4 is 9.47 Å². The minimum absolute atomic E-state index is 0.209. The Morgan fingerprint density at radius 1 is 0.950 bits per heavy atom. The zero-order valence-corrected chi connectivity index (χ0v) is 12.5. The molecule has 0 spiro atoms. The minimum atomic E-state index is -0.209. The second kappa shape index (κ2) is 6.16. The molecule has 0 bridgehead atoms. The van der Waals surface area contributed by atoms with Crippen molar-refractivity contribution < 1.29 is 14.3 Å². The van der Waals surface area contributed by atoms with Crippen molar-refractivity contribution in [1.82, 2.24) is 0 Å². The number of benzene rings is 2. The molecule has 0 unspecified atom stereocenters. The van der Waals surface area contributed by atoms with Gasteiger partial charge in [0.15, 0.2) is 5.78 Å². The van der Waals surface area contributed by atoms with Crippen molar-refractivity contribution in [2.45, 2.75) is 0 Å². The van der Waals surface area contributed by atoms with E-state index in [-0.39, 0.29) is 5.78 Å². The quantitative estimate of drug-likeness (QED) is 0.792. The Hall–Kier alpha value is -1.71. The lowest BCUT2D eigenvalue weighted by Gasteiger charge is -2.09. The van der Waals surface area contributed by atoms with Gasteiger partial charge in [-0.05, 0) is 36.4 Å². The SMILES string of the molecule is COc1cc(C(=O)c2cc(Cl)ccc2OC)ccc1Cl. The Morgan fingerprint density at radius 2 is 1.65 bits per heavy atom. The van der Waals surface area contributed by atoms with Crippen LogP contribution >= 0.6 is 23.2 Å². The smallest absolute Gasteiger partial charge is 0.196 e. The van der Waals surface area contributed by atoms with Gasteiger partial charge < -0.3 is 9.47 Å². The maximum absolute atomic E-state index is 12.5. The molecule has 0 aliphatic rings. The molecule has 0 N–H and O–H groups in total. The second-order valence-corrected chi connectivity index (χ2v) is 4.87. The number of ether oxygens (including phenoxy) is 2. The Balaban J connectivity index is 2.48. The third kappa shape index (κ3) is 2.89. The summed E-state index contributed by atoms with van der Waals surface area (Å²) in [4.78, 5) is 12.5. The molecule has 0 saturated carbocycles. The normalized spacial score (nSPS) is 10.2. The van der Waals surface area contributed by atoms with Crippen molar-refractivity contribution >= 4 is 29.0 Å². The van der Waals surface area contributed by atoms with E-state index < -0.39 is 0 Å². The van der Waals surface area contributed by atoms with Crippen molar-refractivity contribution in [3.05, 3.63) is 57.6 Å². The highest BCUT2D eigenvalue weighted by Gasteiger charge is 2.16. The molecular formula is C15H12Cl2O3. The molecule has 0 aromatic heterocycles. The molecular weight excluding hydrogens is 299 g/mol. The van der Waals surface area contributed by atoms with E-state index in [0.29, 0.717) is 32.7 Å². The van der Waals surface area contributed by atoms with Crippen LogP contribution in [-0.4, -0.2) is 20.0 Å². The van der Waals surface area contributed by atoms with Crippen LogP contribution in [0.1, 0.15) is 15.9 Å². The summed E-state index contributed by atoms with van der Waals surface area (Å²) in [5, 5.41) is 0.914. The van der Waals surface area contributed by atoms with Gasteiger partial charge >= 0.3 is 0 Å².